The van der Waals surface area contributed by atoms with Gasteiger partial charge < -0.3 is 14.5 Å². The summed E-state index contributed by atoms with van der Waals surface area (Å²) in [4.78, 5) is 14.6. The number of ether oxygens (including phenoxy) is 1. The topological polar surface area (TPSA) is 54.7 Å². The highest BCUT2D eigenvalue weighted by atomic mass is 32.1. The quantitative estimate of drug-likeness (QED) is 0.420. The molecular formula is C26H24N2O3S. The van der Waals surface area contributed by atoms with Gasteiger partial charge in [-0.25, -0.2) is 0 Å². The van der Waals surface area contributed by atoms with Crippen LogP contribution in [0, 0.1) is 0 Å². The monoisotopic (exact) mass is 444 g/mol. The molecule has 1 N–H and O–H groups in total. The van der Waals surface area contributed by atoms with E-state index in [1.807, 2.05) is 55.5 Å². The van der Waals surface area contributed by atoms with Gasteiger partial charge in [-0.05, 0) is 79.4 Å². The lowest BCUT2D eigenvalue weighted by Gasteiger charge is -2.23. The van der Waals surface area contributed by atoms with Gasteiger partial charge in [0.2, 0.25) is 0 Å². The Bertz CT molecular complexity index is 1200. The van der Waals surface area contributed by atoms with Crippen LogP contribution in [0.2, 0.25) is 0 Å². The number of rotatable bonds is 6. The van der Waals surface area contributed by atoms with Gasteiger partial charge in [0.05, 0.1) is 6.04 Å². The van der Waals surface area contributed by atoms with Crippen LogP contribution in [0.3, 0.4) is 0 Å². The number of thiocarbonyl (C=S) groups is 1. The minimum absolute atomic E-state index is 0.164. The maximum Gasteiger partial charge on any atom is 0.277 e. The van der Waals surface area contributed by atoms with Crippen LogP contribution in [0.25, 0.3) is 6.08 Å². The molecule has 0 bridgehead atoms. The summed E-state index contributed by atoms with van der Waals surface area (Å²) in [6.07, 6.45) is 5.18. The van der Waals surface area contributed by atoms with Crippen LogP contribution in [-0.2, 0) is 24.2 Å². The van der Waals surface area contributed by atoms with E-state index in [2.05, 4.69) is 17.4 Å². The molecule has 1 saturated heterocycles. The highest BCUT2D eigenvalue weighted by Crippen LogP contribution is 2.28. The van der Waals surface area contributed by atoms with Crippen molar-refractivity contribution in [1.82, 2.24) is 10.2 Å². The van der Waals surface area contributed by atoms with E-state index < -0.39 is 0 Å². The molecule has 1 aliphatic heterocycles. The van der Waals surface area contributed by atoms with E-state index in [0.717, 1.165) is 24.2 Å². The maximum atomic E-state index is 13.0. The van der Waals surface area contributed by atoms with E-state index in [1.54, 1.807) is 11.0 Å². The first-order valence-electron chi connectivity index (χ1n) is 10.8. The average Bonchev–Trinajstić information content (AvgIpc) is 3.52. The van der Waals surface area contributed by atoms with Crippen molar-refractivity contribution >= 4 is 29.3 Å². The lowest BCUT2D eigenvalue weighted by Crippen LogP contribution is -2.33. The van der Waals surface area contributed by atoms with Crippen LogP contribution in [0.15, 0.2) is 70.8 Å². The Morgan fingerprint density at radius 3 is 2.78 bits per heavy atom. The summed E-state index contributed by atoms with van der Waals surface area (Å²) < 4.78 is 11.8. The molecule has 162 valence electrons. The Balaban J connectivity index is 1.26. The van der Waals surface area contributed by atoms with Gasteiger partial charge in [0.1, 0.15) is 29.6 Å². The van der Waals surface area contributed by atoms with Crippen LogP contribution in [-0.4, -0.2) is 15.9 Å². The Morgan fingerprint density at radius 2 is 1.94 bits per heavy atom. The Hall–Kier alpha value is -3.38. The molecular weight excluding hydrogens is 420 g/mol. The van der Waals surface area contributed by atoms with E-state index in [-0.39, 0.29) is 11.9 Å². The highest BCUT2D eigenvalue weighted by molar-refractivity contribution is 7.80. The summed E-state index contributed by atoms with van der Waals surface area (Å²) >= 11 is 5.42. The summed E-state index contributed by atoms with van der Waals surface area (Å²) in [6, 6.07) is 19.7. The van der Waals surface area contributed by atoms with E-state index in [0.29, 0.717) is 28.9 Å². The molecule has 1 aliphatic carbocycles. The fourth-order valence-corrected chi connectivity index (χ4v) is 4.62. The van der Waals surface area contributed by atoms with E-state index in [1.165, 1.54) is 17.5 Å². The second-order valence-electron chi connectivity index (χ2n) is 8.13. The van der Waals surface area contributed by atoms with Crippen LogP contribution < -0.4 is 10.1 Å². The van der Waals surface area contributed by atoms with Gasteiger partial charge in [-0.2, -0.15) is 0 Å². The van der Waals surface area contributed by atoms with Crippen LogP contribution >= 0.6 is 12.2 Å². The smallest absolute Gasteiger partial charge is 0.277 e. The number of nitrogens with zero attached hydrogens (tertiary/aromatic N) is 1. The summed E-state index contributed by atoms with van der Waals surface area (Å²) in [5.74, 6) is 1.95. The summed E-state index contributed by atoms with van der Waals surface area (Å²) in [5, 5.41) is 3.41. The van der Waals surface area contributed by atoms with Gasteiger partial charge in [-0.3, -0.25) is 9.69 Å². The molecule has 5 nitrogen and oxygen atoms in total. The predicted octanol–water partition coefficient (Wildman–Crippen LogP) is 5.17. The van der Waals surface area contributed by atoms with Crippen molar-refractivity contribution in [3.05, 3.63) is 94.6 Å². The fraction of sp³-hybridized carbons (Fsp3) is 0.231. The van der Waals surface area contributed by atoms with Gasteiger partial charge in [-0.1, -0.05) is 36.4 Å². The van der Waals surface area contributed by atoms with Crippen molar-refractivity contribution < 1.29 is 13.9 Å². The molecule has 3 aromatic rings. The van der Waals surface area contributed by atoms with Crippen LogP contribution in [0.4, 0.5) is 0 Å². The van der Waals surface area contributed by atoms with Crippen molar-refractivity contribution in [2.24, 2.45) is 0 Å². The van der Waals surface area contributed by atoms with Crippen LogP contribution in [0.5, 0.6) is 5.75 Å². The number of nitrogens with one attached hydrogen (secondary N) is 1. The standard InChI is InChI=1S/C26H24N2O3S/c1-17(18-6-3-2-4-7-18)28-25(29)24(27-26(28)32)15-22-12-13-23(31-22)16-30-21-11-10-19-8-5-9-20(19)14-21/h2-4,6-7,10-15,17H,5,8-9,16H2,1H3,(H,27,32)/b24-15-/t17-/m0/s1. The summed E-state index contributed by atoms with van der Waals surface area (Å²) in [6.45, 7) is 2.30. The van der Waals surface area contributed by atoms with Crippen molar-refractivity contribution in [3.63, 3.8) is 0 Å². The van der Waals surface area contributed by atoms with Crippen molar-refractivity contribution in [2.45, 2.75) is 38.8 Å². The van der Waals surface area contributed by atoms with Crippen molar-refractivity contribution in [3.8, 4) is 5.75 Å². The Labute approximate surface area is 192 Å². The molecule has 2 aliphatic rings. The van der Waals surface area contributed by atoms with Crippen molar-refractivity contribution in [1.29, 1.82) is 0 Å². The molecule has 1 atom stereocenters. The molecule has 0 saturated carbocycles. The minimum atomic E-state index is -0.168. The molecule has 0 unspecified atom stereocenters. The van der Waals surface area contributed by atoms with Gasteiger partial charge >= 0.3 is 0 Å². The number of fused-ring (bicyclic) bond motifs is 1. The Morgan fingerprint density at radius 1 is 1.12 bits per heavy atom. The molecule has 6 heteroatoms. The highest BCUT2D eigenvalue weighted by Gasteiger charge is 2.35. The average molecular weight is 445 g/mol. The van der Waals surface area contributed by atoms with Gasteiger partial charge in [0.25, 0.3) is 5.91 Å². The zero-order chi connectivity index (χ0) is 22.1. The maximum absolute atomic E-state index is 13.0. The second kappa shape index (κ2) is 8.63. The number of hydrogen-bond acceptors (Lipinski definition) is 4. The number of benzene rings is 2. The van der Waals surface area contributed by atoms with Crippen LogP contribution in [0.1, 0.15) is 47.6 Å². The zero-order valence-electron chi connectivity index (χ0n) is 17.8. The largest absolute Gasteiger partial charge is 0.486 e. The van der Waals surface area contributed by atoms with Gasteiger partial charge in [0, 0.05) is 6.08 Å². The van der Waals surface area contributed by atoms with Gasteiger partial charge in [-0.15, -0.1) is 0 Å². The molecule has 0 radical (unpaired) electrons. The predicted molar refractivity (Wildman–Crippen MR) is 127 cm³/mol. The lowest BCUT2D eigenvalue weighted by molar-refractivity contribution is -0.123. The Kier molecular flexibility index (Phi) is 5.53. The number of hydrogen-bond donors (Lipinski definition) is 1. The molecule has 1 fully saturated rings. The van der Waals surface area contributed by atoms with Gasteiger partial charge in [0.15, 0.2) is 5.11 Å². The third-order valence-corrected chi connectivity index (χ3v) is 6.30. The SMILES string of the molecule is C[C@@H](c1ccccc1)N1C(=O)/C(=C/c2ccc(COc3ccc4c(c3)CCC4)o2)NC1=S. The molecule has 5 rings (SSSR count). The molecule has 1 amide bonds. The molecule has 0 spiro atoms. The second-order valence-corrected chi connectivity index (χ2v) is 8.51. The number of carbonyl (C=O) groups is 1. The summed E-state index contributed by atoms with van der Waals surface area (Å²) in [7, 11) is 0. The summed E-state index contributed by atoms with van der Waals surface area (Å²) in [5.41, 5.74) is 4.23. The van der Waals surface area contributed by atoms with E-state index in [9.17, 15) is 4.79 Å². The first-order chi connectivity index (χ1) is 15.6. The minimum Gasteiger partial charge on any atom is -0.486 e. The number of amides is 1. The molecule has 2 aromatic carbocycles. The zero-order valence-corrected chi connectivity index (χ0v) is 18.7. The molecule has 2 heterocycles. The first-order valence-corrected chi connectivity index (χ1v) is 11.2. The lowest BCUT2D eigenvalue weighted by atomic mass is 10.1. The number of carbonyl (C=O) groups excluding carboxylic acids is 1. The fourth-order valence-electron chi connectivity index (χ4n) is 4.27. The normalized spacial score (nSPS) is 17.5. The molecule has 1 aromatic heterocycles. The van der Waals surface area contributed by atoms with Crippen molar-refractivity contribution in [2.75, 3.05) is 0 Å². The first kappa shape index (κ1) is 20.5. The van der Waals surface area contributed by atoms with E-state index in [4.69, 9.17) is 21.4 Å². The van der Waals surface area contributed by atoms with E-state index >= 15 is 0 Å². The number of aryl methyl sites for hydroxylation is 2. The molecule has 32 heavy (non-hydrogen) atoms. The third-order valence-electron chi connectivity index (χ3n) is 6.00. The number of furan rings is 1. The third kappa shape index (κ3) is 4.06.